The Bertz CT molecular complexity index is 1500. The number of unbranched alkanes of at least 4 members (excludes halogenated alkanes) is 9. The van der Waals surface area contributed by atoms with Crippen LogP contribution >= 0.6 is 0 Å². The van der Waals surface area contributed by atoms with Crippen LogP contribution in [0.4, 0.5) is 5.69 Å². The van der Waals surface area contributed by atoms with Crippen LogP contribution in [0.25, 0.3) is 0 Å². The molecule has 7 heteroatoms. The van der Waals surface area contributed by atoms with Crippen molar-refractivity contribution in [3.05, 3.63) is 88.0 Å². The highest BCUT2D eigenvalue weighted by atomic mass is 16.5. The molecule has 1 atom stereocenters. The third-order valence-electron chi connectivity index (χ3n) is 8.71. The minimum atomic E-state index is -0.747. The summed E-state index contributed by atoms with van der Waals surface area (Å²) < 4.78 is 11.5. The first kappa shape index (κ1) is 36.2. The van der Waals surface area contributed by atoms with E-state index in [0.717, 1.165) is 34.5 Å². The van der Waals surface area contributed by atoms with Gasteiger partial charge in [-0.25, -0.2) is 9.98 Å². The summed E-state index contributed by atoms with van der Waals surface area (Å²) in [4.78, 5) is 11.8. The van der Waals surface area contributed by atoms with Crippen molar-refractivity contribution in [1.82, 2.24) is 0 Å². The SMILES string of the molecule is CCCCCCCCCCCCOCC(O)COc1ccc(N2CN=C(c3ccc(C)cc3C)N=C2c2ccc(C)cc2C)c(O)c1. The summed E-state index contributed by atoms with van der Waals surface area (Å²) in [5, 5.41) is 21.6. The Morgan fingerprint density at radius 2 is 1.36 bits per heavy atom. The number of aliphatic imine (C=N–C) groups is 2. The van der Waals surface area contributed by atoms with Gasteiger partial charge in [-0.2, -0.15) is 0 Å². The number of phenolic OH excluding ortho intramolecular Hbond substituents is 1. The number of hydrogen-bond donors (Lipinski definition) is 2. The molecular formula is C40H55N3O4. The fraction of sp³-hybridized carbons (Fsp3) is 0.500. The zero-order valence-electron chi connectivity index (χ0n) is 29.2. The number of anilines is 1. The van der Waals surface area contributed by atoms with E-state index in [1.807, 2.05) is 11.0 Å². The zero-order valence-corrected chi connectivity index (χ0v) is 29.2. The third-order valence-corrected chi connectivity index (χ3v) is 8.71. The van der Waals surface area contributed by atoms with E-state index in [1.54, 1.807) is 12.1 Å². The molecule has 1 aliphatic rings. The number of aryl methyl sites for hydroxylation is 4. The van der Waals surface area contributed by atoms with Gasteiger partial charge in [-0.05, 0) is 57.4 Å². The van der Waals surface area contributed by atoms with Gasteiger partial charge in [0.25, 0.3) is 0 Å². The van der Waals surface area contributed by atoms with Crippen molar-refractivity contribution in [3.63, 3.8) is 0 Å². The van der Waals surface area contributed by atoms with Crippen LogP contribution in [0.1, 0.15) is 105 Å². The molecule has 7 nitrogen and oxygen atoms in total. The van der Waals surface area contributed by atoms with Gasteiger partial charge in [0, 0.05) is 23.8 Å². The largest absolute Gasteiger partial charge is 0.506 e. The van der Waals surface area contributed by atoms with Crippen molar-refractivity contribution >= 4 is 17.4 Å². The molecule has 0 saturated carbocycles. The van der Waals surface area contributed by atoms with Crippen molar-refractivity contribution in [1.29, 1.82) is 0 Å². The fourth-order valence-corrected chi connectivity index (χ4v) is 6.04. The molecule has 0 bridgehead atoms. The molecule has 2 N–H and O–H groups in total. The number of aromatic hydroxyl groups is 1. The van der Waals surface area contributed by atoms with Gasteiger partial charge in [0.05, 0.1) is 12.3 Å². The normalized spacial score (nSPS) is 13.8. The highest BCUT2D eigenvalue weighted by Gasteiger charge is 2.25. The lowest BCUT2D eigenvalue weighted by atomic mass is 10.0. The fourth-order valence-electron chi connectivity index (χ4n) is 6.04. The summed E-state index contributed by atoms with van der Waals surface area (Å²) in [6.45, 7) is 11.8. The number of ether oxygens (including phenoxy) is 2. The number of amidine groups is 2. The maximum atomic E-state index is 11.2. The number of rotatable bonds is 19. The Hall–Kier alpha value is -3.68. The molecule has 0 spiro atoms. The second kappa shape index (κ2) is 18.6. The molecule has 47 heavy (non-hydrogen) atoms. The molecule has 3 aromatic carbocycles. The number of nitrogens with zero attached hydrogens (tertiary/aromatic N) is 3. The van der Waals surface area contributed by atoms with E-state index in [4.69, 9.17) is 19.5 Å². The molecule has 1 unspecified atom stereocenters. The van der Waals surface area contributed by atoms with Crippen molar-refractivity contribution in [3.8, 4) is 11.5 Å². The van der Waals surface area contributed by atoms with Crippen LogP contribution in [0.2, 0.25) is 0 Å². The van der Waals surface area contributed by atoms with Crippen LogP contribution in [0.3, 0.4) is 0 Å². The predicted molar refractivity (Wildman–Crippen MR) is 195 cm³/mol. The van der Waals surface area contributed by atoms with Crippen LogP contribution in [0.5, 0.6) is 11.5 Å². The minimum absolute atomic E-state index is 0.0526. The molecule has 254 valence electrons. The van der Waals surface area contributed by atoms with Crippen molar-refractivity contribution < 1.29 is 19.7 Å². The van der Waals surface area contributed by atoms with Gasteiger partial charge in [-0.1, -0.05) is 112 Å². The predicted octanol–water partition coefficient (Wildman–Crippen LogP) is 8.97. The van der Waals surface area contributed by atoms with Gasteiger partial charge in [0.15, 0.2) is 5.84 Å². The molecule has 0 fully saturated rings. The lowest BCUT2D eigenvalue weighted by Crippen LogP contribution is -2.37. The van der Waals surface area contributed by atoms with Crippen LogP contribution in [-0.4, -0.2) is 54.5 Å². The van der Waals surface area contributed by atoms with Crippen LogP contribution in [-0.2, 0) is 4.74 Å². The first-order valence-corrected chi connectivity index (χ1v) is 17.5. The van der Waals surface area contributed by atoms with Crippen LogP contribution < -0.4 is 9.64 Å². The molecular weight excluding hydrogens is 586 g/mol. The van der Waals surface area contributed by atoms with Crippen molar-refractivity contribution in [2.45, 2.75) is 105 Å². The molecule has 0 amide bonds. The Balaban J connectivity index is 1.31. The highest BCUT2D eigenvalue weighted by Crippen LogP contribution is 2.34. The standard InChI is InChI=1S/C40H55N3O4/c1-6-7-8-9-10-11-12-13-14-15-22-46-26-33(44)27-47-34-18-21-37(38(45)25-34)43-28-41-39(35-19-16-29(2)23-31(35)4)42-40(43)36-20-17-30(3)24-32(36)5/h16-21,23-25,33,44-45H,6-15,22,26-28H2,1-5H3. The Kier molecular flexibility index (Phi) is 14.3. The van der Waals surface area contributed by atoms with Crippen LogP contribution in [0.15, 0.2) is 64.6 Å². The summed E-state index contributed by atoms with van der Waals surface area (Å²) >= 11 is 0. The summed E-state index contributed by atoms with van der Waals surface area (Å²) in [6, 6.07) is 17.8. The van der Waals surface area contributed by atoms with E-state index in [1.165, 1.54) is 68.9 Å². The molecule has 0 radical (unpaired) electrons. The molecule has 1 aliphatic heterocycles. The Morgan fingerprint density at radius 3 is 1.98 bits per heavy atom. The number of benzene rings is 3. The maximum Gasteiger partial charge on any atom is 0.159 e. The van der Waals surface area contributed by atoms with Gasteiger partial charge >= 0.3 is 0 Å². The third kappa shape index (κ3) is 10.9. The number of aliphatic hydroxyl groups excluding tert-OH is 1. The smallest absolute Gasteiger partial charge is 0.159 e. The average Bonchev–Trinajstić information content (AvgIpc) is 3.04. The van der Waals surface area contributed by atoms with E-state index in [9.17, 15) is 10.2 Å². The van der Waals surface area contributed by atoms with Gasteiger partial charge in [0.2, 0.25) is 0 Å². The van der Waals surface area contributed by atoms with Crippen molar-refractivity contribution in [2.24, 2.45) is 9.98 Å². The Morgan fingerprint density at radius 1 is 0.745 bits per heavy atom. The number of aliphatic hydroxyl groups is 1. The molecule has 0 saturated heterocycles. The first-order chi connectivity index (χ1) is 22.8. The second-order valence-electron chi connectivity index (χ2n) is 13.0. The summed E-state index contributed by atoms with van der Waals surface area (Å²) in [6.07, 6.45) is 12.1. The Labute approximate surface area is 282 Å². The monoisotopic (exact) mass is 641 g/mol. The summed E-state index contributed by atoms with van der Waals surface area (Å²) in [7, 11) is 0. The quantitative estimate of drug-likeness (QED) is 0.128. The lowest BCUT2D eigenvalue weighted by molar-refractivity contribution is 0.0109. The molecule has 0 aromatic heterocycles. The van der Waals surface area contributed by atoms with E-state index in [0.29, 0.717) is 30.5 Å². The van der Waals surface area contributed by atoms with Crippen LogP contribution in [0, 0.1) is 27.7 Å². The average molecular weight is 642 g/mol. The molecule has 4 rings (SSSR count). The van der Waals surface area contributed by atoms with E-state index in [2.05, 4.69) is 71.0 Å². The lowest BCUT2D eigenvalue weighted by Gasteiger charge is -2.30. The topological polar surface area (TPSA) is 86.9 Å². The van der Waals surface area contributed by atoms with E-state index >= 15 is 0 Å². The molecule has 0 aliphatic carbocycles. The van der Waals surface area contributed by atoms with E-state index < -0.39 is 6.10 Å². The first-order valence-electron chi connectivity index (χ1n) is 17.5. The summed E-state index contributed by atoms with van der Waals surface area (Å²) in [5.74, 6) is 1.93. The maximum absolute atomic E-state index is 11.2. The summed E-state index contributed by atoms with van der Waals surface area (Å²) in [5.41, 5.74) is 7.15. The van der Waals surface area contributed by atoms with E-state index in [-0.39, 0.29) is 19.0 Å². The second-order valence-corrected chi connectivity index (χ2v) is 13.0. The molecule has 1 heterocycles. The van der Waals surface area contributed by atoms with Gasteiger partial charge in [-0.15, -0.1) is 0 Å². The van der Waals surface area contributed by atoms with Gasteiger partial charge in [0.1, 0.15) is 36.7 Å². The highest BCUT2D eigenvalue weighted by molar-refractivity contribution is 6.20. The van der Waals surface area contributed by atoms with Gasteiger partial charge in [-0.3, -0.25) is 0 Å². The zero-order chi connectivity index (χ0) is 33.6. The van der Waals surface area contributed by atoms with Crippen molar-refractivity contribution in [2.75, 3.05) is 31.4 Å². The minimum Gasteiger partial charge on any atom is -0.506 e. The van der Waals surface area contributed by atoms with Gasteiger partial charge < -0.3 is 24.6 Å². The molecule has 3 aromatic rings. The number of hydrogen-bond acceptors (Lipinski definition) is 7. The number of phenols is 1.